The molecule has 1 aromatic carbocycles. The van der Waals surface area contributed by atoms with Crippen molar-refractivity contribution in [2.75, 3.05) is 13.1 Å². The van der Waals surface area contributed by atoms with Crippen LogP contribution in [0.4, 0.5) is 0 Å². The van der Waals surface area contributed by atoms with Gasteiger partial charge >= 0.3 is 0 Å². The second kappa shape index (κ2) is 4.29. The van der Waals surface area contributed by atoms with E-state index in [1.54, 1.807) is 11.0 Å². The first-order valence-electron chi connectivity index (χ1n) is 6.03. The van der Waals surface area contributed by atoms with E-state index in [9.17, 15) is 9.59 Å². The van der Waals surface area contributed by atoms with Gasteiger partial charge in [-0.1, -0.05) is 18.2 Å². The lowest BCUT2D eigenvalue weighted by Gasteiger charge is -2.12. The number of benzene rings is 1. The van der Waals surface area contributed by atoms with Crippen molar-refractivity contribution >= 4 is 22.7 Å². The predicted octanol–water partition coefficient (Wildman–Crippen LogP) is 2.24. The van der Waals surface area contributed by atoms with Gasteiger partial charge in [0.25, 0.3) is 0 Å². The number of ketones is 1. The number of fused-ring (bicyclic) bond motifs is 1. The van der Waals surface area contributed by atoms with Crippen LogP contribution < -0.4 is 0 Å². The summed E-state index contributed by atoms with van der Waals surface area (Å²) in [7, 11) is 0. The van der Waals surface area contributed by atoms with Crippen LogP contribution in [0.5, 0.6) is 0 Å². The molecule has 4 nitrogen and oxygen atoms in total. The fraction of sp³-hybridized carbons (Fsp3) is 0.286. The van der Waals surface area contributed by atoms with Gasteiger partial charge in [0.05, 0.1) is 6.54 Å². The van der Waals surface area contributed by atoms with Crippen molar-refractivity contribution in [2.45, 2.75) is 12.8 Å². The predicted molar refractivity (Wildman–Crippen MR) is 66.4 cm³/mol. The second-order valence-corrected chi connectivity index (χ2v) is 4.49. The first kappa shape index (κ1) is 11.0. The molecule has 1 amide bonds. The average Bonchev–Trinajstić information content (AvgIpc) is 2.96. The van der Waals surface area contributed by atoms with Gasteiger partial charge in [0.1, 0.15) is 5.58 Å². The highest BCUT2D eigenvalue weighted by molar-refractivity contribution is 6.00. The number of likely N-dealkylation sites (tertiary alicyclic amines) is 1. The normalized spacial score (nSPS) is 15.6. The van der Waals surface area contributed by atoms with E-state index < -0.39 is 0 Å². The Morgan fingerprint density at radius 2 is 2.17 bits per heavy atom. The summed E-state index contributed by atoms with van der Waals surface area (Å²) >= 11 is 0. The molecular formula is C14H13NO3. The molecule has 0 saturated carbocycles. The molecule has 92 valence electrons. The topological polar surface area (TPSA) is 50.5 Å². The number of carbonyl (C=O) groups is 2. The van der Waals surface area contributed by atoms with Gasteiger partial charge < -0.3 is 9.32 Å². The van der Waals surface area contributed by atoms with Gasteiger partial charge in [-0.2, -0.15) is 0 Å². The number of furan rings is 1. The number of para-hydroxylation sites is 1. The Morgan fingerprint density at radius 1 is 1.33 bits per heavy atom. The van der Waals surface area contributed by atoms with E-state index in [1.807, 2.05) is 24.3 Å². The van der Waals surface area contributed by atoms with Crippen LogP contribution in [0, 0.1) is 0 Å². The number of amides is 1. The van der Waals surface area contributed by atoms with Crippen molar-refractivity contribution in [3.05, 3.63) is 36.1 Å². The molecule has 2 aromatic rings. The highest BCUT2D eigenvalue weighted by atomic mass is 16.3. The third-order valence-electron chi connectivity index (χ3n) is 3.21. The van der Waals surface area contributed by atoms with Gasteiger partial charge in [-0.05, 0) is 18.6 Å². The van der Waals surface area contributed by atoms with Crippen LogP contribution in [0.1, 0.15) is 23.4 Å². The Bertz CT molecular complexity index is 581. The molecule has 0 unspecified atom stereocenters. The van der Waals surface area contributed by atoms with E-state index in [1.165, 1.54) is 0 Å². The molecule has 1 saturated heterocycles. The highest BCUT2D eigenvalue weighted by Crippen LogP contribution is 2.20. The van der Waals surface area contributed by atoms with Crippen LogP contribution in [-0.2, 0) is 4.79 Å². The van der Waals surface area contributed by atoms with Crippen molar-refractivity contribution < 1.29 is 14.0 Å². The fourth-order valence-corrected chi connectivity index (χ4v) is 2.24. The van der Waals surface area contributed by atoms with Crippen LogP contribution in [-0.4, -0.2) is 29.7 Å². The average molecular weight is 243 g/mol. The minimum atomic E-state index is -0.138. The molecule has 0 aliphatic carbocycles. The van der Waals surface area contributed by atoms with E-state index in [-0.39, 0.29) is 18.2 Å². The van der Waals surface area contributed by atoms with Crippen molar-refractivity contribution in [3.8, 4) is 0 Å². The monoisotopic (exact) mass is 243 g/mol. The molecule has 0 bridgehead atoms. The maximum atomic E-state index is 12.0. The zero-order chi connectivity index (χ0) is 12.5. The Balaban J connectivity index is 1.81. The van der Waals surface area contributed by atoms with E-state index in [2.05, 4.69) is 0 Å². The summed E-state index contributed by atoms with van der Waals surface area (Å²) in [5.74, 6) is 0.247. The maximum absolute atomic E-state index is 12.0. The Kier molecular flexibility index (Phi) is 2.63. The van der Waals surface area contributed by atoms with Crippen LogP contribution in [0.25, 0.3) is 11.0 Å². The van der Waals surface area contributed by atoms with Crippen molar-refractivity contribution in [1.82, 2.24) is 4.90 Å². The third kappa shape index (κ3) is 1.90. The van der Waals surface area contributed by atoms with E-state index in [4.69, 9.17) is 4.42 Å². The first-order valence-corrected chi connectivity index (χ1v) is 6.03. The Morgan fingerprint density at radius 3 is 2.89 bits per heavy atom. The number of hydrogen-bond donors (Lipinski definition) is 0. The number of Topliss-reactive ketones (excluding diaryl/α,β-unsaturated/α-hetero) is 1. The molecule has 3 rings (SSSR count). The van der Waals surface area contributed by atoms with Crippen molar-refractivity contribution in [3.63, 3.8) is 0 Å². The van der Waals surface area contributed by atoms with Crippen molar-refractivity contribution in [1.29, 1.82) is 0 Å². The highest BCUT2D eigenvalue weighted by Gasteiger charge is 2.24. The molecule has 0 atom stereocenters. The molecule has 0 spiro atoms. The molecule has 1 aromatic heterocycles. The van der Waals surface area contributed by atoms with E-state index in [0.29, 0.717) is 24.3 Å². The first-order chi connectivity index (χ1) is 8.74. The van der Waals surface area contributed by atoms with Gasteiger partial charge in [0.15, 0.2) is 5.76 Å². The summed E-state index contributed by atoms with van der Waals surface area (Å²) in [5, 5.41) is 0.911. The number of rotatable bonds is 3. The Hall–Kier alpha value is -2.10. The summed E-state index contributed by atoms with van der Waals surface area (Å²) in [5.41, 5.74) is 0.702. The van der Waals surface area contributed by atoms with Crippen LogP contribution in [0.3, 0.4) is 0 Å². The quantitative estimate of drug-likeness (QED) is 0.777. The molecule has 2 heterocycles. The van der Waals surface area contributed by atoms with Gasteiger partial charge in [-0.15, -0.1) is 0 Å². The minimum absolute atomic E-state index is 0.0551. The second-order valence-electron chi connectivity index (χ2n) is 4.49. The van der Waals surface area contributed by atoms with Crippen molar-refractivity contribution in [2.24, 2.45) is 0 Å². The van der Waals surface area contributed by atoms with Gasteiger partial charge in [0, 0.05) is 18.4 Å². The third-order valence-corrected chi connectivity index (χ3v) is 3.21. The van der Waals surface area contributed by atoms with Gasteiger partial charge in [-0.3, -0.25) is 9.59 Å². The number of nitrogens with zero attached hydrogens (tertiary/aromatic N) is 1. The lowest BCUT2D eigenvalue weighted by molar-refractivity contribution is -0.127. The summed E-state index contributed by atoms with van der Waals surface area (Å²) in [6.07, 6.45) is 1.39. The number of hydrogen-bond acceptors (Lipinski definition) is 3. The molecule has 1 aliphatic rings. The minimum Gasteiger partial charge on any atom is -0.453 e. The molecule has 4 heteroatoms. The molecule has 0 N–H and O–H groups in total. The smallest absolute Gasteiger partial charge is 0.223 e. The van der Waals surface area contributed by atoms with Gasteiger partial charge in [-0.25, -0.2) is 0 Å². The SMILES string of the molecule is O=C(CN1CCCC1=O)c1cc2ccccc2o1. The lowest BCUT2D eigenvalue weighted by atomic mass is 10.2. The lowest BCUT2D eigenvalue weighted by Crippen LogP contribution is -2.30. The summed E-state index contributed by atoms with van der Waals surface area (Å²) in [6.45, 7) is 0.795. The van der Waals surface area contributed by atoms with Crippen LogP contribution in [0.2, 0.25) is 0 Å². The van der Waals surface area contributed by atoms with E-state index >= 15 is 0 Å². The standard InChI is InChI=1S/C14H13NO3/c16-11(9-15-7-3-6-14(15)17)13-8-10-4-1-2-5-12(10)18-13/h1-2,4-5,8H,3,6-7,9H2. The molecule has 0 radical (unpaired) electrons. The zero-order valence-corrected chi connectivity index (χ0v) is 9.89. The van der Waals surface area contributed by atoms with Gasteiger partial charge in [0.2, 0.25) is 11.7 Å². The largest absolute Gasteiger partial charge is 0.453 e. The summed E-state index contributed by atoms with van der Waals surface area (Å²) < 4.78 is 5.49. The summed E-state index contributed by atoms with van der Waals surface area (Å²) in [6, 6.07) is 9.22. The zero-order valence-electron chi connectivity index (χ0n) is 9.89. The van der Waals surface area contributed by atoms with Crippen LogP contribution in [0.15, 0.2) is 34.7 Å². The number of carbonyl (C=O) groups excluding carboxylic acids is 2. The van der Waals surface area contributed by atoms with Crippen LogP contribution >= 0.6 is 0 Å². The fourth-order valence-electron chi connectivity index (χ4n) is 2.24. The molecule has 1 aliphatic heterocycles. The molecular weight excluding hydrogens is 230 g/mol. The Labute approximate surface area is 104 Å². The molecule has 1 fully saturated rings. The maximum Gasteiger partial charge on any atom is 0.223 e. The summed E-state index contributed by atoms with van der Waals surface area (Å²) in [4.78, 5) is 25.1. The van der Waals surface area contributed by atoms with E-state index in [0.717, 1.165) is 11.8 Å². The molecule has 18 heavy (non-hydrogen) atoms.